The van der Waals surface area contributed by atoms with Crippen molar-refractivity contribution in [3.63, 3.8) is 0 Å². The lowest BCUT2D eigenvalue weighted by molar-refractivity contribution is -0.167. The Kier molecular flexibility index (Phi) is 4.41. The summed E-state index contributed by atoms with van der Waals surface area (Å²) in [5.41, 5.74) is 0. The third-order valence-corrected chi connectivity index (χ3v) is 2.11. The number of nitrogens with zero attached hydrogens (tertiary/aromatic N) is 1. The molecule has 1 heterocycles. The van der Waals surface area contributed by atoms with E-state index in [0.29, 0.717) is 13.1 Å². The highest BCUT2D eigenvalue weighted by Crippen LogP contribution is 2.11. The Morgan fingerprint density at radius 3 is 2.47 bits per heavy atom. The van der Waals surface area contributed by atoms with E-state index in [0.717, 1.165) is 0 Å². The molecule has 6 heteroatoms. The molecule has 0 saturated carbocycles. The maximum Gasteiger partial charge on any atom is 0.345 e. The van der Waals surface area contributed by atoms with Crippen LogP contribution in [0.3, 0.4) is 0 Å². The van der Waals surface area contributed by atoms with Gasteiger partial charge in [-0.15, -0.1) is 0 Å². The first-order valence-corrected chi connectivity index (χ1v) is 4.82. The second-order valence-electron chi connectivity index (χ2n) is 3.63. The van der Waals surface area contributed by atoms with Crippen LogP contribution in [0.1, 0.15) is 13.8 Å². The SMILES string of the molecule is CC1CN(C(=O)COC(F)F)CC(C)O1. The molecule has 0 spiro atoms. The standard InChI is InChI=1S/C9H15F2NO3/c1-6-3-12(4-7(2)15-6)8(13)5-14-9(10)11/h6-7,9H,3-5H2,1-2H3. The molecule has 88 valence electrons. The average Bonchev–Trinajstić information content (AvgIpc) is 2.12. The highest BCUT2D eigenvalue weighted by atomic mass is 19.3. The molecule has 1 fully saturated rings. The molecular formula is C9H15F2NO3. The third kappa shape index (κ3) is 4.09. The number of hydrogen-bond donors (Lipinski definition) is 0. The number of amides is 1. The monoisotopic (exact) mass is 223 g/mol. The van der Waals surface area contributed by atoms with Gasteiger partial charge < -0.3 is 14.4 Å². The molecule has 0 aliphatic carbocycles. The van der Waals surface area contributed by atoms with E-state index >= 15 is 0 Å². The molecule has 0 N–H and O–H groups in total. The van der Waals surface area contributed by atoms with Crippen LogP contribution in [-0.2, 0) is 14.3 Å². The fraction of sp³-hybridized carbons (Fsp3) is 0.889. The largest absolute Gasteiger partial charge is 0.372 e. The van der Waals surface area contributed by atoms with Crippen LogP contribution < -0.4 is 0 Å². The van der Waals surface area contributed by atoms with Crippen molar-refractivity contribution in [1.29, 1.82) is 0 Å². The van der Waals surface area contributed by atoms with Gasteiger partial charge in [-0.25, -0.2) is 0 Å². The molecule has 2 atom stereocenters. The molecule has 0 aromatic rings. The zero-order chi connectivity index (χ0) is 11.4. The van der Waals surface area contributed by atoms with Crippen molar-refractivity contribution in [2.24, 2.45) is 0 Å². The summed E-state index contributed by atoms with van der Waals surface area (Å²) in [6, 6.07) is 0. The maximum absolute atomic E-state index is 11.7. The molecule has 4 nitrogen and oxygen atoms in total. The van der Waals surface area contributed by atoms with Crippen molar-refractivity contribution >= 4 is 5.91 Å². The molecule has 1 amide bonds. The zero-order valence-electron chi connectivity index (χ0n) is 8.78. The lowest BCUT2D eigenvalue weighted by Crippen LogP contribution is -2.49. The second-order valence-corrected chi connectivity index (χ2v) is 3.63. The number of ether oxygens (including phenoxy) is 2. The van der Waals surface area contributed by atoms with Crippen molar-refractivity contribution < 1.29 is 23.0 Å². The van der Waals surface area contributed by atoms with Gasteiger partial charge >= 0.3 is 6.61 Å². The Hall–Kier alpha value is -0.750. The summed E-state index contributed by atoms with van der Waals surface area (Å²) in [5, 5.41) is 0. The summed E-state index contributed by atoms with van der Waals surface area (Å²) in [4.78, 5) is 12.9. The van der Waals surface area contributed by atoms with Crippen LogP contribution >= 0.6 is 0 Å². The average molecular weight is 223 g/mol. The Balaban J connectivity index is 2.38. The first-order valence-electron chi connectivity index (χ1n) is 4.82. The number of hydrogen-bond acceptors (Lipinski definition) is 3. The maximum atomic E-state index is 11.7. The molecular weight excluding hydrogens is 208 g/mol. The van der Waals surface area contributed by atoms with E-state index in [4.69, 9.17) is 4.74 Å². The second kappa shape index (κ2) is 5.37. The van der Waals surface area contributed by atoms with E-state index in [1.165, 1.54) is 4.90 Å². The number of rotatable bonds is 3. The number of halogens is 2. The van der Waals surface area contributed by atoms with Gasteiger partial charge in [-0.3, -0.25) is 4.79 Å². The fourth-order valence-corrected chi connectivity index (χ4v) is 1.61. The molecule has 1 rings (SSSR count). The molecule has 1 aliphatic rings. The van der Waals surface area contributed by atoms with E-state index in [9.17, 15) is 13.6 Å². The van der Waals surface area contributed by atoms with E-state index in [-0.39, 0.29) is 12.2 Å². The van der Waals surface area contributed by atoms with Crippen LogP contribution in [0.2, 0.25) is 0 Å². The number of alkyl halides is 2. The Morgan fingerprint density at radius 2 is 2.00 bits per heavy atom. The minimum absolute atomic E-state index is 0.0655. The fourth-order valence-electron chi connectivity index (χ4n) is 1.61. The van der Waals surface area contributed by atoms with Gasteiger partial charge in [0.15, 0.2) is 0 Å². The quantitative estimate of drug-likeness (QED) is 0.712. The molecule has 0 bridgehead atoms. The topological polar surface area (TPSA) is 38.8 Å². The molecule has 1 aliphatic heterocycles. The zero-order valence-corrected chi connectivity index (χ0v) is 8.78. The van der Waals surface area contributed by atoms with Gasteiger partial charge in [0.05, 0.1) is 12.2 Å². The molecule has 0 radical (unpaired) electrons. The summed E-state index contributed by atoms with van der Waals surface area (Å²) in [7, 11) is 0. The number of carbonyl (C=O) groups is 1. The van der Waals surface area contributed by atoms with Gasteiger partial charge in [0.2, 0.25) is 5.91 Å². The third-order valence-electron chi connectivity index (χ3n) is 2.11. The minimum Gasteiger partial charge on any atom is -0.372 e. The summed E-state index contributed by atoms with van der Waals surface area (Å²) in [5.74, 6) is -0.419. The number of morpholine rings is 1. The van der Waals surface area contributed by atoms with Gasteiger partial charge in [0.25, 0.3) is 0 Å². The lowest BCUT2D eigenvalue weighted by atomic mass is 10.2. The van der Waals surface area contributed by atoms with Crippen LogP contribution in [0.5, 0.6) is 0 Å². The predicted octanol–water partition coefficient (Wildman–Crippen LogP) is 0.861. The Bertz CT molecular complexity index is 215. The van der Waals surface area contributed by atoms with E-state index < -0.39 is 19.1 Å². The van der Waals surface area contributed by atoms with Crippen LogP contribution in [-0.4, -0.2) is 49.3 Å². The molecule has 0 aromatic carbocycles. The van der Waals surface area contributed by atoms with Crippen LogP contribution in [0.15, 0.2) is 0 Å². The summed E-state index contributed by atoms with van der Waals surface area (Å²) in [6.45, 7) is 1.06. The first-order chi connectivity index (χ1) is 6.99. The summed E-state index contributed by atoms with van der Waals surface area (Å²) >= 11 is 0. The smallest absolute Gasteiger partial charge is 0.345 e. The first kappa shape index (κ1) is 12.3. The van der Waals surface area contributed by atoms with Gasteiger partial charge in [-0.1, -0.05) is 0 Å². The van der Waals surface area contributed by atoms with Crippen LogP contribution in [0.25, 0.3) is 0 Å². The van der Waals surface area contributed by atoms with E-state index in [2.05, 4.69) is 4.74 Å². The van der Waals surface area contributed by atoms with E-state index in [1.807, 2.05) is 13.8 Å². The van der Waals surface area contributed by atoms with Gasteiger partial charge in [-0.05, 0) is 13.8 Å². The van der Waals surface area contributed by atoms with Gasteiger partial charge in [0.1, 0.15) is 6.61 Å². The van der Waals surface area contributed by atoms with Crippen molar-refractivity contribution in [3.8, 4) is 0 Å². The van der Waals surface area contributed by atoms with Gasteiger partial charge in [0, 0.05) is 13.1 Å². The molecule has 15 heavy (non-hydrogen) atoms. The van der Waals surface area contributed by atoms with Crippen molar-refractivity contribution in [1.82, 2.24) is 4.90 Å². The lowest BCUT2D eigenvalue weighted by Gasteiger charge is -2.35. The molecule has 0 aromatic heterocycles. The highest BCUT2D eigenvalue weighted by molar-refractivity contribution is 5.77. The molecule has 2 unspecified atom stereocenters. The predicted molar refractivity (Wildman–Crippen MR) is 48.5 cm³/mol. The van der Waals surface area contributed by atoms with Crippen molar-refractivity contribution in [3.05, 3.63) is 0 Å². The van der Waals surface area contributed by atoms with Crippen molar-refractivity contribution in [2.75, 3.05) is 19.7 Å². The minimum atomic E-state index is -2.90. The van der Waals surface area contributed by atoms with Crippen LogP contribution in [0, 0.1) is 0 Å². The molecule has 1 saturated heterocycles. The highest BCUT2D eigenvalue weighted by Gasteiger charge is 2.26. The normalized spacial score (nSPS) is 27.1. The number of carbonyl (C=O) groups excluding carboxylic acids is 1. The summed E-state index contributed by atoms with van der Waals surface area (Å²) in [6.07, 6.45) is -0.131. The van der Waals surface area contributed by atoms with E-state index in [1.54, 1.807) is 0 Å². The van der Waals surface area contributed by atoms with Gasteiger partial charge in [-0.2, -0.15) is 8.78 Å². The summed E-state index contributed by atoms with van der Waals surface area (Å²) < 4.78 is 32.8. The van der Waals surface area contributed by atoms with Crippen molar-refractivity contribution in [2.45, 2.75) is 32.7 Å². The Morgan fingerprint density at radius 1 is 1.47 bits per heavy atom. The Labute approximate surface area is 87.1 Å². The van der Waals surface area contributed by atoms with Crippen LogP contribution in [0.4, 0.5) is 8.78 Å².